The topological polar surface area (TPSA) is 44.8 Å². The molecule has 0 radical (unpaired) electrons. The van der Waals surface area contributed by atoms with Crippen LogP contribution in [0.4, 0.5) is 0 Å². The summed E-state index contributed by atoms with van der Waals surface area (Å²) in [5, 5.41) is 0. The van der Waals surface area contributed by atoms with E-state index in [0.717, 1.165) is 12.8 Å². The highest BCUT2D eigenvalue weighted by Gasteiger charge is 2.67. The zero-order valence-corrected chi connectivity index (χ0v) is 8.19. The zero-order chi connectivity index (χ0) is 9.76. The van der Waals surface area contributed by atoms with Crippen LogP contribution in [-0.4, -0.2) is 32.1 Å². The predicted molar refractivity (Wildman–Crippen MR) is 46.4 cm³/mol. The Morgan fingerprint density at radius 1 is 1.43 bits per heavy atom. The van der Waals surface area contributed by atoms with Crippen LogP contribution in [0, 0.1) is 17.8 Å². The lowest BCUT2D eigenvalue weighted by Gasteiger charge is -2.36. The summed E-state index contributed by atoms with van der Waals surface area (Å²) in [5.41, 5.74) is 0. The fourth-order valence-electron chi connectivity index (χ4n) is 3.23. The number of methoxy groups -OCH3 is 1. The van der Waals surface area contributed by atoms with Gasteiger partial charge in [-0.2, -0.15) is 0 Å². The van der Waals surface area contributed by atoms with Crippen molar-refractivity contribution in [1.29, 1.82) is 0 Å². The van der Waals surface area contributed by atoms with Crippen LogP contribution in [0.3, 0.4) is 0 Å². The van der Waals surface area contributed by atoms with Gasteiger partial charge in [-0.05, 0) is 12.3 Å². The molecule has 0 aromatic rings. The van der Waals surface area contributed by atoms with E-state index in [1.54, 1.807) is 0 Å². The normalized spacial score (nSPS) is 42.5. The maximum Gasteiger partial charge on any atom is 0.309 e. The molecule has 4 rings (SSSR count). The van der Waals surface area contributed by atoms with E-state index in [4.69, 9.17) is 14.2 Å². The van der Waals surface area contributed by atoms with Crippen molar-refractivity contribution in [3.8, 4) is 0 Å². The number of hydrogen-bond donors (Lipinski definition) is 0. The Morgan fingerprint density at radius 2 is 2.14 bits per heavy atom. The summed E-state index contributed by atoms with van der Waals surface area (Å²) in [4.78, 5) is 11.5. The Bertz CT molecular complexity index is 269. The van der Waals surface area contributed by atoms with Crippen LogP contribution >= 0.6 is 0 Å². The first-order valence-electron chi connectivity index (χ1n) is 5.12. The summed E-state index contributed by atoms with van der Waals surface area (Å²) < 4.78 is 16.1. The van der Waals surface area contributed by atoms with Gasteiger partial charge >= 0.3 is 5.97 Å². The predicted octanol–water partition coefficient (Wildman–Crippen LogP) is 0.558. The van der Waals surface area contributed by atoms with Crippen molar-refractivity contribution in [3.63, 3.8) is 0 Å². The van der Waals surface area contributed by atoms with Crippen LogP contribution in [-0.2, 0) is 19.0 Å². The molecule has 1 saturated heterocycles. The summed E-state index contributed by atoms with van der Waals surface area (Å²) >= 11 is 0. The Kier molecular flexibility index (Phi) is 1.67. The highest BCUT2D eigenvalue weighted by atomic mass is 16.7. The van der Waals surface area contributed by atoms with Crippen molar-refractivity contribution in [3.05, 3.63) is 0 Å². The molecule has 78 valence electrons. The molecule has 0 aromatic carbocycles. The molecule has 3 aliphatic carbocycles. The molecule has 3 saturated carbocycles. The van der Waals surface area contributed by atoms with Crippen molar-refractivity contribution >= 4 is 5.97 Å². The maximum atomic E-state index is 11.5. The van der Waals surface area contributed by atoms with Crippen molar-refractivity contribution in [2.24, 2.45) is 17.8 Å². The second-order valence-corrected chi connectivity index (χ2v) is 4.36. The van der Waals surface area contributed by atoms with Gasteiger partial charge in [0.15, 0.2) is 5.79 Å². The quantitative estimate of drug-likeness (QED) is 0.577. The van der Waals surface area contributed by atoms with E-state index >= 15 is 0 Å². The molecule has 0 N–H and O–H groups in total. The first kappa shape index (κ1) is 8.68. The van der Waals surface area contributed by atoms with Crippen molar-refractivity contribution in [2.45, 2.75) is 18.6 Å². The standard InChI is InChI=1S/C10H14O4/c1-12-9(11)8-6-4-7(8)10(5-6)13-2-3-14-10/h6-8H,2-5H2,1H3/t6-,7-,8+/m0/s1. The SMILES string of the molecule is COC(=O)[C@@H]1[C@H]2C[C@@H]1C1(C2)OCCO1. The van der Waals surface area contributed by atoms with Crippen LogP contribution in [0.5, 0.6) is 0 Å². The maximum absolute atomic E-state index is 11.5. The van der Waals surface area contributed by atoms with Gasteiger partial charge in [0.1, 0.15) is 0 Å². The molecular weight excluding hydrogens is 184 g/mol. The van der Waals surface area contributed by atoms with Gasteiger partial charge in [-0.3, -0.25) is 4.79 Å². The van der Waals surface area contributed by atoms with Crippen molar-refractivity contribution in [1.82, 2.24) is 0 Å². The van der Waals surface area contributed by atoms with E-state index in [2.05, 4.69) is 0 Å². The Balaban J connectivity index is 1.80. The minimum atomic E-state index is -0.427. The molecule has 4 nitrogen and oxygen atoms in total. The molecule has 1 heterocycles. The second-order valence-electron chi connectivity index (χ2n) is 4.36. The first-order valence-corrected chi connectivity index (χ1v) is 5.12. The van der Waals surface area contributed by atoms with Crippen molar-refractivity contribution < 1.29 is 19.0 Å². The van der Waals surface area contributed by atoms with Crippen LogP contribution in [0.2, 0.25) is 0 Å². The summed E-state index contributed by atoms with van der Waals surface area (Å²) in [6.45, 7) is 1.33. The lowest BCUT2D eigenvalue weighted by molar-refractivity contribution is -0.190. The lowest BCUT2D eigenvalue weighted by Crippen LogP contribution is -2.43. The average Bonchev–Trinajstić information content (AvgIpc) is 2.81. The molecule has 0 aromatic heterocycles. The van der Waals surface area contributed by atoms with Crippen LogP contribution < -0.4 is 0 Å². The smallest absolute Gasteiger partial charge is 0.309 e. The molecule has 0 amide bonds. The lowest BCUT2D eigenvalue weighted by atomic mass is 9.71. The van der Waals surface area contributed by atoms with Crippen LogP contribution in [0.25, 0.3) is 0 Å². The van der Waals surface area contributed by atoms with Gasteiger partial charge in [-0.25, -0.2) is 0 Å². The number of carbonyl (C=O) groups excluding carboxylic acids is 1. The fraction of sp³-hybridized carbons (Fsp3) is 0.900. The summed E-state index contributed by atoms with van der Waals surface area (Å²) in [6.07, 6.45) is 1.93. The minimum absolute atomic E-state index is 0.0260. The van der Waals surface area contributed by atoms with Crippen LogP contribution in [0.15, 0.2) is 0 Å². The van der Waals surface area contributed by atoms with Crippen LogP contribution in [0.1, 0.15) is 12.8 Å². The molecule has 0 unspecified atom stereocenters. The largest absolute Gasteiger partial charge is 0.469 e. The molecule has 3 atom stereocenters. The molecule has 1 aliphatic heterocycles. The van der Waals surface area contributed by atoms with E-state index in [0.29, 0.717) is 19.1 Å². The summed E-state index contributed by atoms with van der Waals surface area (Å²) in [7, 11) is 1.45. The molecule has 4 aliphatic rings. The molecular formula is C10H14O4. The molecule has 2 bridgehead atoms. The average molecular weight is 198 g/mol. The number of carbonyl (C=O) groups is 1. The molecule has 4 heteroatoms. The van der Waals surface area contributed by atoms with E-state index in [-0.39, 0.29) is 17.8 Å². The molecule has 1 spiro atoms. The van der Waals surface area contributed by atoms with Gasteiger partial charge in [0.05, 0.1) is 26.2 Å². The number of ether oxygens (including phenoxy) is 3. The third-order valence-electron chi connectivity index (χ3n) is 3.86. The Morgan fingerprint density at radius 3 is 2.79 bits per heavy atom. The van der Waals surface area contributed by atoms with E-state index < -0.39 is 5.79 Å². The third-order valence-corrected chi connectivity index (χ3v) is 3.86. The highest BCUT2D eigenvalue weighted by molar-refractivity contribution is 5.75. The van der Waals surface area contributed by atoms with Gasteiger partial charge in [-0.15, -0.1) is 0 Å². The number of esters is 1. The molecule has 4 fully saturated rings. The summed E-state index contributed by atoms with van der Waals surface area (Å²) in [6, 6.07) is 0. The van der Waals surface area contributed by atoms with Gasteiger partial charge in [0.25, 0.3) is 0 Å². The molecule has 14 heavy (non-hydrogen) atoms. The monoisotopic (exact) mass is 198 g/mol. The second kappa shape index (κ2) is 2.70. The third kappa shape index (κ3) is 0.880. The number of hydrogen-bond acceptors (Lipinski definition) is 4. The van der Waals surface area contributed by atoms with Gasteiger partial charge in [0, 0.05) is 12.3 Å². The minimum Gasteiger partial charge on any atom is -0.469 e. The van der Waals surface area contributed by atoms with Gasteiger partial charge < -0.3 is 14.2 Å². The fourth-order valence-corrected chi connectivity index (χ4v) is 3.23. The van der Waals surface area contributed by atoms with Gasteiger partial charge in [-0.1, -0.05) is 0 Å². The van der Waals surface area contributed by atoms with Crippen molar-refractivity contribution in [2.75, 3.05) is 20.3 Å². The van der Waals surface area contributed by atoms with Gasteiger partial charge in [0.2, 0.25) is 0 Å². The Hall–Kier alpha value is -0.610. The highest BCUT2D eigenvalue weighted by Crippen LogP contribution is 2.62. The first-order chi connectivity index (χ1) is 6.77. The summed E-state index contributed by atoms with van der Waals surface area (Å²) in [5.74, 6) is 0.164. The number of rotatable bonds is 1. The van der Waals surface area contributed by atoms with E-state index in [1.165, 1.54) is 7.11 Å². The Labute approximate surface area is 82.5 Å². The zero-order valence-electron chi connectivity index (χ0n) is 8.19. The van der Waals surface area contributed by atoms with E-state index in [1.807, 2.05) is 0 Å². The van der Waals surface area contributed by atoms with E-state index in [9.17, 15) is 4.79 Å².